The summed E-state index contributed by atoms with van der Waals surface area (Å²) in [6.45, 7) is 1.94. The predicted molar refractivity (Wildman–Crippen MR) is 56.3 cm³/mol. The molecule has 0 aromatic carbocycles. The summed E-state index contributed by atoms with van der Waals surface area (Å²) in [6, 6.07) is 0. The minimum atomic E-state index is -5.56. The molecule has 0 aliphatic heterocycles. The molecule has 3 nitrogen and oxygen atoms in total. The first-order valence-corrected chi connectivity index (χ1v) is 6.56. The summed E-state index contributed by atoms with van der Waals surface area (Å²) in [5, 5.41) is 0. The third kappa shape index (κ3) is 3.76. The van der Waals surface area contributed by atoms with Crippen LogP contribution in [0.3, 0.4) is 0 Å². The maximum absolute atomic E-state index is 12.1. The van der Waals surface area contributed by atoms with Gasteiger partial charge in [-0.3, -0.25) is 0 Å². The average molecular weight is 270 g/mol. The van der Waals surface area contributed by atoms with E-state index in [1.807, 2.05) is 6.92 Å². The molecule has 0 fully saturated rings. The van der Waals surface area contributed by atoms with E-state index in [0.717, 1.165) is 12.8 Å². The minimum Gasteiger partial charge on any atom is -0.376 e. The molecule has 1 aliphatic carbocycles. The topological polar surface area (TPSA) is 43.4 Å². The predicted octanol–water partition coefficient (Wildman–Crippen LogP) is 3.11. The quantitative estimate of drug-likeness (QED) is 0.582. The van der Waals surface area contributed by atoms with Gasteiger partial charge in [0.2, 0.25) is 0 Å². The fourth-order valence-corrected chi connectivity index (χ4v) is 1.98. The van der Waals surface area contributed by atoms with Gasteiger partial charge >= 0.3 is 15.6 Å². The fraction of sp³-hybridized carbons (Fsp3) is 0.600. The van der Waals surface area contributed by atoms with Gasteiger partial charge < -0.3 is 4.18 Å². The Morgan fingerprint density at radius 3 is 2.65 bits per heavy atom. The molecule has 1 atom stereocenters. The van der Waals surface area contributed by atoms with E-state index in [0.29, 0.717) is 6.42 Å². The van der Waals surface area contributed by atoms with Crippen molar-refractivity contribution in [3.8, 4) is 0 Å². The third-order valence-corrected chi connectivity index (χ3v) is 3.25. The molecule has 0 N–H and O–H groups in total. The molecule has 7 heteroatoms. The molecule has 0 aromatic heterocycles. The molecule has 1 rings (SSSR count). The smallest absolute Gasteiger partial charge is 0.376 e. The minimum absolute atomic E-state index is 0.0310. The number of alkyl halides is 3. The van der Waals surface area contributed by atoms with Crippen LogP contribution in [-0.2, 0) is 14.3 Å². The molecule has 17 heavy (non-hydrogen) atoms. The second kappa shape index (κ2) is 5.12. The number of hydrogen-bond acceptors (Lipinski definition) is 3. The van der Waals surface area contributed by atoms with Crippen molar-refractivity contribution in [2.24, 2.45) is 5.92 Å². The first-order valence-electron chi connectivity index (χ1n) is 5.15. The van der Waals surface area contributed by atoms with Gasteiger partial charge in [0.1, 0.15) is 5.76 Å². The number of allylic oxidation sites excluding steroid dienone is 3. The van der Waals surface area contributed by atoms with Crippen LogP contribution < -0.4 is 0 Å². The van der Waals surface area contributed by atoms with Gasteiger partial charge in [-0.05, 0) is 30.9 Å². The van der Waals surface area contributed by atoms with Crippen LogP contribution in [0.25, 0.3) is 0 Å². The highest BCUT2D eigenvalue weighted by atomic mass is 32.2. The van der Waals surface area contributed by atoms with Crippen LogP contribution in [0.1, 0.15) is 26.2 Å². The van der Waals surface area contributed by atoms with Gasteiger partial charge in [-0.25, -0.2) is 0 Å². The standard InChI is InChI=1S/C10H13F3O3S/c1-2-4-8-5-3-6-9(7-8)16-17(14,15)10(11,12)13/h3,6-8H,2,4-5H2,1H3. The average Bonchev–Trinajstić information content (AvgIpc) is 2.16. The SMILES string of the molecule is CCCC1C=C(OS(=O)(=O)C(F)(F)F)C=CC1. The van der Waals surface area contributed by atoms with Gasteiger partial charge in [0.25, 0.3) is 0 Å². The Balaban J connectivity index is 2.79. The summed E-state index contributed by atoms with van der Waals surface area (Å²) < 4.78 is 61.8. The molecule has 0 heterocycles. The fourth-order valence-electron chi connectivity index (χ4n) is 1.52. The van der Waals surface area contributed by atoms with Crippen molar-refractivity contribution in [2.45, 2.75) is 31.7 Å². The van der Waals surface area contributed by atoms with E-state index in [2.05, 4.69) is 4.18 Å². The van der Waals surface area contributed by atoms with Crippen LogP contribution in [0.15, 0.2) is 24.0 Å². The van der Waals surface area contributed by atoms with E-state index in [1.165, 1.54) is 12.2 Å². The number of hydrogen-bond donors (Lipinski definition) is 0. The molecule has 1 aliphatic rings. The second-order valence-electron chi connectivity index (χ2n) is 3.74. The molecule has 0 saturated heterocycles. The lowest BCUT2D eigenvalue weighted by Gasteiger charge is -2.16. The lowest BCUT2D eigenvalue weighted by Crippen LogP contribution is -2.25. The molecule has 0 bridgehead atoms. The first kappa shape index (κ1) is 14.1. The summed E-state index contributed by atoms with van der Waals surface area (Å²) in [4.78, 5) is 0. The van der Waals surface area contributed by atoms with Gasteiger partial charge in [0.05, 0.1) is 0 Å². The van der Waals surface area contributed by atoms with Crippen molar-refractivity contribution in [3.63, 3.8) is 0 Å². The van der Waals surface area contributed by atoms with Crippen LogP contribution in [0.5, 0.6) is 0 Å². The Hall–Kier alpha value is -0.980. The lowest BCUT2D eigenvalue weighted by atomic mass is 9.95. The maximum Gasteiger partial charge on any atom is 0.534 e. The molecule has 98 valence electrons. The van der Waals surface area contributed by atoms with Gasteiger partial charge in [-0.2, -0.15) is 21.6 Å². The van der Waals surface area contributed by atoms with E-state index < -0.39 is 15.6 Å². The summed E-state index contributed by atoms with van der Waals surface area (Å²) >= 11 is 0. The lowest BCUT2D eigenvalue weighted by molar-refractivity contribution is -0.0520. The highest BCUT2D eigenvalue weighted by Gasteiger charge is 2.48. The first-order chi connectivity index (χ1) is 7.76. The van der Waals surface area contributed by atoms with Crippen LogP contribution in [0, 0.1) is 5.92 Å². The van der Waals surface area contributed by atoms with Crippen LogP contribution >= 0.6 is 0 Å². The van der Waals surface area contributed by atoms with Crippen molar-refractivity contribution < 1.29 is 25.8 Å². The second-order valence-corrected chi connectivity index (χ2v) is 5.28. The van der Waals surface area contributed by atoms with Crippen LogP contribution in [-0.4, -0.2) is 13.9 Å². The zero-order chi connectivity index (χ0) is 13.1. The normalized spacial score (nSPS) is 21.2. The van der Waals surface area contributed by atoms with E-state index in [-0.39, 0.29) is 11.7 Å². The van der Waals surface area contributed by atoms with Crippen molar-refractivity contribution in [2.75, 3.05) is 0 Å². The van der Waals surface area contributed by atoms with E-state index >= 15 is 0 Å². The Morgan fingerprint density at radius 2 is 2.12 bits per heavy atom. The molecular weight excluding hydrogens is 257 g/mol. The molecule has 0 radical (unpaired) electrons. The van der Waals surface area contributed by atoms with E-state index in [9.17, 15) is 21.6 Å². The molecule has 0 saturated carbocycles. The molecule has 0 spiro atoms. The Morgan fingerprint density at radius 1 is 1.47 bits per heavy atom. The summed E-state index contributed by atoms with van der Waals surface area (Å²) in [5.74, 6) is -0.226. The maximum atomic E-state index is 12.1. The summed E-state index contributed by atoms with van der Waals surface area (Å²) in [5.41, 5.74) is -5.39. The molecule has 0 amide bonds. The van der Waals surface area contributed by atoms with Crippen molar-refractivity contribution in [3.05, 3.63) is 24.0 Å². The zero-order valence-corrected chi connectivity index (χ0v) is 10.0. The van der Waals surface area contributed by atoms with Crippen molar-refractivity contribution in [1.82, 2.24) is 0 Å². The Labute approximate surface area is 98.1 Å². The third-order valence-electron chi connectivity index (χ3n) is 2.27. The molecular formula is C10H13F3O3S. The zero-order valence-electron chi connectivity index (χ0n) is 9.20. The van der Waals surface area contributed by atoms with Crippen molar-refractivity contribution in [1.29, 1.82) is 0 Å². The van der Waals surface area contributed by atoms with E-state index in [4.69, 9.17) is 0 Å². The largest absolute Gasteiger partial charge is 0.534 e. The molecule has 1 unspecified atom stereocenters. The highest BCUT2D eigenvalue weighted by Crippen LogP contribution is 2.29. The molecule has 0 aromatic rings. The monoisotopic (exact) mass is 270 g/mol. The summed E-state index contributed by atoms with van der Waals surface area (Å²) in [7, 11) is -5.56. The van der Waals surface area contributed by atoms with Gasteiger partial charge in [-0.15, -0.1) is 0 Å². The Kier molecular flexibility index (Phi) is 4.24. The van der Waals surface area contributed by atoms with E-state index in [1.54, 1.807) is 6.08 Å². The van der Waals surface area contributed by atoms with Gasteiger partial charge in [0, 0.05) is 0 Å². The Bertz CT molecular complexity index is 421. The van der Waals surface area contributed by atoms with Gasteiger partial charge in [-0.1, -0.05) is 19.4 Å². The van der Waals surface area contributed by atoms with Crippen LogP contribution in [0.4, 0.5) is 13.2 Å². The highest BCUT2D eigenvalue weighted by molar-refractivity contribution is 7.87. The van der Waals surface area contributed by atoms with Crippen LogP contribution in [0.2, 0.25) is 0 Å². The summed E-state index contributed by atoms with van der Waals surface area (Å²) in [6.07, 6.45) is 6.62. The van der Waals surface area contributed by atoms with Gasteiger partial charge in [0.15, 0.2) is 0 Å². The number of rotatable bonds is 4. The van der Waals surface area contributed by atoms with Crippen molar-refractivity contribution >= 4 is 10.1 Å². The number of halogens is 3.